The lowest BCUT2D eigenvalue weighted by Gasteiger charge is -2.42. The number of amides is 1. The van der Waals surface area contributed by atoms with Crippen LogP contribution >= 0.6 is 0 Å². The fourth-order valence-corrected chi connectivity index (χ4v) is 4.28. The minimum absolute atomic E-state index is 0.0806. The second kappa shape index (κ2) is 9.96. The number of methoxy groups -OCH3 is 1. The highest BCUT2D eigenvalue weighted by atomic mass is 19.4. The molecule has 2 saturated heterocycles. The minimum atomic E-state index is -4.76. The Bertz CT molecular complexity index is 1060. The molecule has 2 aliphatic heterocycles. The number of carbonyl (C=O) groups is 1. The van der Waals surface area contributed by atoms with Crippen LogP contribution < -0.4 is 9.47 Å². The minimum Gasteiger partial charge on any atom is -0.493 e. The molecule has 35 heavy (non-hydrogen) atoms. The van der Waals surface area contributed by atoms with Gasteiger partial charge in [-0.05, 0) is 35.9 Å². The zero-order valence-corrected chi connectivity index (χ0v) is 18.6. The number of hydrogen-bond acceptors (Lipinski definition) is 6. The lowest BCUT2D eigenvalue weighted by molar-refractivity contribution is -0.325. The van der Waals surface area contributed by atoms with E-state index in [4.69, 9.17) is 18.9 Å². The summed E-state index contributed by atoms with van der Waals surface area (Å²) in [7, 11) is 1.33. The van der Waals surface area contributed by atoms with Crippen molar-refractivity contribution >= 4 is 5.91 Å². The molecule has 0 unspecified atom stereocenters. The highest BCUT2D eigenvalue weighted by Crippen LogP contribution is 2.43. The topological polar surface area (TPSA) is 66.5 Å². The molecule has 7 nitrogen and oxygen atoms in total. The number of piperidine rings is 1. The third-order valence-corrected chi connectivity index (χ3v) is 5.90. The second-order valence-electron chi connectivity index (χ2n) is 7.97. The van der Waals surface area contributed by atoms with E-state index in [0.717, 1.165) is 6.07 Å². The number of rotatable bonds is 7. The first kappa shape index (κ1) is 25.1. The highest BCUT2D eigenvalue weighted by Gasteiger charge is 2.51. The second-order valence-corrected chi connectivity index (χ2v) is 7.97. The Kier molecular flexibility index (Phi) is 7.15. The van der Waals surface area contributed by atoms with Crippen molar-refractivity contribution in [2.24, 2.45) is 0 Å². The third-order valence-electron chi connectivity index (χ3n) is 5.90. The Hall–Kier alpha value is -2.96. The van der Waals surface area contributed by atoms with E-state index in [1.165, 1.54) is 42.3 Å². The highest BCUT2D eigenvalue weighted by molar-refractivity contribution is 5.95. The molecule has 2 fully saturated rings. The lowest BCUT2D eigenvalue weighted by Crippen LogP contribution is -2.53. The van der Waals surface area contributed by atoms with Crippen LogP contribution in [0.1, 0.15) is 22.3 Å². The molecule has 190 valence electrons. The molecule has 2 heterocycles. The van der Waals surface area contributed by atoms with Gasteiger partial charge in [0, 0.05) is 24.6 Å². The maximum absolute atomic E-state index is 13.8. The average molecular weight is 503 g/mol. The average Bonchev–Trinajstić information content (AvgIpc) is 3.24. The maximum Gasteiger partial charge on any atom is 0.522 e. The van der Waals surface area contributed by atoms with Gasteiger partial charge in [-0.15, -0.1) is 13.2 Å². The molecule has 4 rings (SSSR count). The summed E-state index contributed by atoms with van der Waals surface area (Å²) in [4.78, 5) is 14.7. The molecule has 2 aliphatic rings. The summed E-state index contributed by atoms with van der Waals surface area (Å²) >= 11 is 0. The summed E-state index contributed by atoms with van der Waals surface area (Å²) in [5, 5.41) is 0. The van der Waals surface area contributed by atoms with Crippen LogP contribution in [0.5, 0.6) is 11.5 Å². The normalized spacial score (nSPS) is 22.1. The van der Waals surface area contributed by atoms with E-state index in [1.54, 1.807) is 0 Å². The van der Waals surface area contributed by atoms with Crippen LogP contribution in [-0.2, 0) is 19.8 Å². The summed E-state index contributed by atoms with van der Waals surface area (Å²) in [6.07, 6.45) is -5.14. The number of halogens is 5. The Morgan fingerprint density at radius 1 is 1.11 bits per heavy atom. The zero-order chi connectivity index (χ0) is 25.2. The van der Waals surface area contributed by atoms with Gasteiger partial charge in [0.05, 0.1) is 20.3 Å². The zero-order valence-electron chi connectivity index (χ0n) is 18.6. The van der Waals surface area contributed by atoms with Crippen molar-refractivity contribution in [1.29, 1.82) is 0 Å². The van der Waals surface area contributed by atoms with Gasteiger partial charge in [0.15, 0.2) is 11.5 Å². The monoisotopic (exact) mass is 503 g/mol. The molecule has 0 saturated carbocycles. The first-order valence-electron chi connectivity index (χ1n) is 10.6. The number of alkyl halides is 3. The molecule has 0 radical (unpaired) electrons. The molecular formula is C23H22F5NO6. The fourth-order valence-electron chi connectivity index (χ4n) is 4.28. The van der Waals surface area contributed by atoms with Gasteiger partial charge in [0.2, 0.25) is 0 Å². The van der Waals surface area contributed by atoms with E-state index < -0.39 is 36.3 Å². The van der Waals surface area contributed by atoms with E-state index in [-0.39, 0.29) is 55.9 Å². The van der Waals surface area contributed by atoms with Crippen LogP contribution in [0.4, 0.5) is 22.0 Å². The molecule has 2 aromatic rings. The van der Waals surface area contributed by atoms with E-state index >= 15 is 0 Å². The van der Waals surface area contributed by atoms with Gasteiger partial charge in [-0.1, -0.05) is 0 Å². The Morgan fingerprint density at radius 3 is 2.54 bits per heavy atom. The molecule has 0 N–H and O–H groups in total. The number of fused-ring (bicyclic) bond motifs is 1. The van der Waals surface area contributed by atoms with Crippen LogP contribution in [0, 0.1) is 11.6 Å². The lowest BCUT2D eigenvalue weighted by atomic mass is 9.82. The Morgan fingerprint density at radius 2 is 1.86 bits per heavy atom. The van der Waals surface area contributed by atoms with Crippen LogP contribution in [0.3, 0.4) is 0 Å². The summed E-state index contributed by atoms with van der Waals surface area (Å²) in [6.45, 7) is -0.820. The van der Waals surface area contributed by atoms with Gasteiger partial charge >= 0.3 is 6.36 Å². The van der Waals surface area contributed by atoms with Gasteiger partial charge in [-0.2, -0.15) is 0 Å². The van der Waals surface area contributed by atoms with Crippen molar-refractivity contribution in [2.45, 2.75) is 24.5 Å². The predicted octanol–water partition coefficient (Wildman–Crippen LogP) is 4.00. The summed E-state index contributed by atoms with van der Waals surface area (Å²) in [6, 6.07) is 7.46. The molecular weight excluding hydrogens is 481 g/mol. The van der Waals surface area contributed by atoms with E-state index in [9.17, 15) is 26.7 Å². The van der Waals surface area contributed by atoms with Crippen molar-refractivity contribution in [2.75, 3.05) is 40.2 Å². The first-order chi connectivity index (χ1) is 16.6. The number of benzene rings is 2. The van der Waals surface area contributed by atoms with Gasteiger partial charge in [-0.25, -0.2) is 8.78 Å². The maximum atomic E-state index is 13.8. The van der Waals surface area contributed by atoms with Gasteiger partial charge in [-0.3, -0.25) is 9.53 Å². The molecule has 0 aliphatic carbocycles. The van der Waals surface area contributed by atoms with Crippen molar-refractivity contribution in [1.82, 2.24) is 4.90 Å². The predicted molar refractivity (Wildman–Crippen MR) is 110 cm³/mol. The van der Waals surface area contributed by atoms with Crippen LogP contribution in [0.2, 0.25) is 0 Å². The largest absolute Gasteiger partial charge is 0.522 e. The van der Waals surface area contributed by atoms with Crippen LogP contribution in [0.15, 0.2) is 36.4 Å². The van der Waals surface area contributed by atoms with Gasteiger partial charge in [0.1, 0.15) is 36.7 Å². The molecule has 2 atom stereocenters. The molecule has 12 heteroatoms. The molecule has 1 amide bonds. The molecule has 2 aromatic carbocycles. The molecule has 0 aromatic heterocycles. The van der Waals surface area contributed by atoms with Crippen molar-refractivity contribution in [3.63, 3.8) is 0 Å². The smallest absolute Gasteiger partial charge is 0.493 e. The number of carbonyl (C=O) groups excluding carboxylic acids is 1. The Balaban J connectivity index is 1.45. The molecule has 0 bridgehead atoms. The number of nitrogens with zero attached hydrogens (tertiary/aromatic N) is 1. The summed E-state index contributed by atoms with van der Waals surface area (Å²) < 4.78 is 89.5. The van der Waals surface area contributed by atoms with Gasteiger partial charge in [0.25, 0.3) is 5.91 Å². The van der Waals surface area contributed by atoms with E-state index in [1.807, 2.05) is 0 Å². The SMILES string of the molecule is COc1cc(C(=O)N2CC[C@]3(c4cc(F)cc(F)c4)OCO[C@@H]3C2)ccc1OCCOC(F)(F)F. The van der Waals surface area contributed by atoms with E-state index in [2.05, 4.69) is 4.74 Å². The summed E-state index contributed by atoms with van der Waals surface area (Å²) in [5.41, 5.74) is -0.514. The van der Waals surface area contributed by atoms with E-state index in [0.29, 0.717) is 5.56 Å². The van der Waals surface area contributed by atoms with Crippen molar-refractivity contribution in [3.8, 4) is 11.5 Å². The van der Waals surface area contributed by atoms with Gasteiger partial charge < -0.3 is 23.8 Å². The number of likely N-dealkylation sites (tertiary alicyclic amines) is 1. The molecule has 0 spiro atoms. The fraction of sp³-hybridized carbons (Fsp3) is 0.435. The van der Waals surface area contributed by atoms with Crippen LogP contribution in [0.25, 0.3) is 0 Å². The third kappa shape index (κ3) is 5.49. The summed E-state index contributed by atoms with van der Waals surface area (Å²) in [5.74, 6) is -1.52. The Labute approximate surface area is 197 Å². The van der Waals surface area contributed by atoms with Crippen LogP contribution in [-0.4, -0.2) is 63.5 Å². The quantitative estimate of drug-likeness (QED) is 0.421. The standard InChI is InChI=1S/C23H22F5NO6/c1-31-19-8-14(2-3-18(19)32-6-7-34-23(26,27)28)21(30)29-5-4-22(20(12-29)33-13-35-22)15-9-16(24)11-17(25)10-15/h2-3,8-11,20H,4-7,12-13H2,1H3/t20-,22-/m1/s1. The number of hydrogen-bond donors (Lipinski definition) is 0. The van der Waals surface area contributed by atoms with Crippen molar-refractivity contribution < 1.29 is 50.4 Å². The first-order valence-corrected chi connectivity index (χ1v) is 10.6. The van der Waals surface area contributed by atoms with Crippen molar-refractivity contribution in [3.05, 3.63) is 59.2 Å². The number of ether oxygens (including phenoxy) is 5.